The SMILES string of the molecule is O=C(Cc1ccco1)NCCc1ccns1. The fourth-order valence-electron chi connectivity index (χ4n) is 1.33. The number of hydrogen-bond donors (Lipinski definition) is 1. The second-order valence-corrected chi connectivity index (χ2v) is 4.25. The van der Waals surface area contributed by atoms with E-state index in [-0.39, 0.29) is 5.91 Å². The third-order valence-corrected chi connectivity index (χ3v) is 2.90. The molecule has 0 saturated carbocycles. The normalized spacial score (nSPS) is 10.2. The Bertz CT molecular complexity index is 423. The molecule has 2 aromatic rings. The van der Waals surface area contributed by atoms with E-state index in [0.29, 0.717) is 18.7 Å². The molecule has 84 valence electrons. The third kappa shape index (κ3) is 3.20. The van der Waals surface area contributed by atoms with E-state index in [4.69, 9.17) is 4.42 Å². The van der Waals surface area contributed by atoms with Crippen LogP contribution in [-0.4, -0.2) is 16.8 Å². The van der Waals surface area contributed by atoms with E-state index in [2.05, 4.69) is 9.69 Å². The first-order valence-electron chi connectivity index (χ1n) is 5.03. The van der Waals surface area contributed by atoms with Gasteiger partial charge < -0.3 is 9.73 Å². The fraction of sp³-hybridized carbons (Fsp3) is 0.273. The highest BCUT2D eigenvalue weighted by atomic mass is 32.1. The summed E-state index contributed by atoms with van der Waals surface area (Å²) in [6.45, 7) is 0.641. The van der Waals surface area contributed by atoms with E-state index in [1.54, 1.807) is 24.6 Å². The van der Waals surface area contributed by atoms with Gasteiger partial charge in [-0.05, 0) is 29.7 Å². The summed E-state index contributed by atoms with van der Waals surface area (Å²) in [7, 11) is 0. The molecule has 2 aromatic heterocycles. The maximum absolute atomic E-state index is 11.5. The zero-order chi connectivity index (χ0) is 11.2. The van der Waals surface area contributed by atoms with Gasteiger partial charge in [0.15, 0.2) is 0 Å². The van der Waals surface area contributed by atoms with Gasteiger partial charge in [0.1, 0.15) is 5.76 Å². The van der Waals surface area contributed by atoms with Gasteiger partial charge in [-0.1, -0.05) is 0 Å². The molecule has 0 aromatic carbocycles. The molecule has 5 heteroatoms. The van der Waals surface area contributed by atoms with Crippen LogP contribution in [0.2, 0.25) is 0 Å². The lowest BCUT2D eigenvalue weighted by Crippen LogP contribution is -2.26. The molecule has 0 aliphatic rings. The predicted molar refractivity (Wildman–Crippen MR) is 61.2 cm³/mol. The van der Waals surface area contributed by atoms with Crippen molar-refractivity contribution in [2.45, 2.75) is 12.8 Å². The van der Waals surface area contributed by atoms with Gasteiger partial charge in [0.2, 0.25) is 5.91 Å². The van der Waals surface area contributed by atoms with Gasteiger partial charge in [-0.15, -0.1) is 0 Å². The maximum atomic E-state index is 11.5. The van der Waals surface area contributed by atoms with Crippen molar-refractivity contribution in [2.24, 2.45) is 0 Å². The summed E-state index contributed by atoms with van der Waals surface area (Å²) in [5.74, 6) is 0.676. The minimum atomic E-state index is -0.0144. The van der Waals surface area contributed by atoms with E-state index < -0.39 is 0 Å². The van der Waals surface area contributed by atoms with Gasteiger partial charge >= 0.3 is 0 Å². The number of nitrogens with one attached hydrogen (secondary N) is 1. The number of furan rings is 1. The average molecular weight is 236 g/mol. The quantitative estimate of drug-likeness (QED) is 0.858. The summed E-state index contributed by atoms with van der Waals surface area (Å²) in [6.07, 6.45) is 4.47. The summed E-state index contributed by atoms with van der Waals surface area (Å²) in [6, 6.07) is 5.53. The van der Waals surface area contributed by atoms with Crippen LogP contribution in [0.3, 0.4) is 0 Å². The van der Waals surface area contributed by atoms with E-state index >= 15 is 0 Å². The largest absolute Gasteiger partial charge is 0.469 e. The molecule has 2 rings (SSSR count). The van der Waals surface area contributed by atoms with Crippen molar-refractivity contribution in [3.8, 4) is 0 Å². The molecule has 0 aliphatic carbocycles. The topological polar surface area (TPSA) is 55.1 Å². The van der Waals surface area contributed by atoms with Gasteiger partial charge in [0.05, 0.1) is 12.7 Å². The molecule has 0 bridgehead atoms. The van der Waals surface area contributed by atoms with E-state index in [1.165, 1.54) is 16.4 Å². The van der Waals surface area contributed by atoms with Gasteiger partial charge in [-0.3, -0.25) is 4.79 Å². The first kappa shape index (κ1) is 10.9. The van der Waals surface area contributed by atoms with Gasteiger partial charge in [-0.2, -0.15) is 0 Å². The Morgan fingerprint density at radius 1 is 1.50 bits per heavy atom. The minimum Gasteiger partial charge on any atom is -0.469 e. The van der Waals surface area contributed by atoms with Crippen LogP contribution in [0.5, 0.6) is 0 Å². The molecule has 0 spiro atoms. The zero-order valence-electron chi connectivity index (χ0n) is 8.68. The van der Waals surface area contributed by atoms with E-state index in [1.807, 2.05) is 6.07 Å². The van der Waals surface area contributed by atoms with E-state index in [9.17, 15) is 4.79 Å². The number of carbonyl (C=O) groups excluding carboxylic acids is 1. The number of carbonyl (C=O) groups is 1. The van der Waals surface area contributed by atoms with Crippen LogP contribution >= 0.6 is 11.5 Å². The Morgan fingerprint density at radius 3 is 3.12 bits per heavy atom. The molecule has 4 nitrogen and oxygen atoms in total. The summed E-state index contributed by atoms with van der Waals surface area (Å²) in [4.78, 5) is 12.6. The highest BCUT2D eigenvalue weighted by molar-refractivity contribution is 7.05. The number of amides is 1. The average Bonchev–Trinajstić information content (AvgIpc) is 2.90. The third-order valence-electron chi connectivity index (χ3n) is 2.10. The summed E-state index contributed by atoms with van der Waals surface area (Å²) < 4.78 is 9.08. The van der Waals surface area contributed by atoms with Crippen molar-refractivity contribution < 1.29 is 9.21 Å². The molecule has 0 fully saturated rings. The summed E-state index contributed by atoms with van der Waals surface area (Å²) in [5.41, 5.74) is 0. The standard InChI is InChI=1S/C11H12N2O2S/c14-11(8-9-2-1-7-15-9)12-5-3-10-4-6-13-16-10/h1-2,4,6-7H,3,5,8H2,(H,12,14). The van der Waals surface area contributed by atoms with Crippen LogP contribution in [0.15, 0.2) is 35.1 Å². The number of aromatic nitrogens is 1. The van der Waals surface area contributed by atoms with Crippen molar-refractivity contribution in [2.75, 3.05) is 6.54 Å². The van der Waals surface area contributed by atoms with Gasteiger partial charge in [0.25, 0.3) is 0 Å². The number of nitrogens with zero attached hydrogens (tertiary/aromatic N) is 1. The molecule has 0 aliphatic heterocycles. The minimum absolute atomic E-state index is 0.0144. The Labute approximate surface area is 97.5 Å². The monoisotopic (exact) mass is 236 g/mol. The lowest BCUT2D eigenvalue weighted by molar-refractivity contribution is -0.120. The van der Waals surface area contributed by atoms with Crippen LogP contribution in [0.4, 0.5) is 0 Å². The molecular weight excluding hydrogens is 224 g/mol. The smallest absolute Gasteiger partial charge is 0.227 e. The Hall–Kier alpha value is -1.62. The van der Waals surface area contributed by atoms with Crippen LogP contribution in [0, 0.1) is 0 Å². The van der Waals surface area contributed by atoms with Gasteiger partial charge in [-0.25, -0.2) is 4.37 Å². The van der Waals surface area contributed by atoms with Crippen molar-refractivity contribution >= 4 is 17.4 Å². The molecule has 0 atom stereocenters. The second kappa shape index (κ2) is 5.46. The van der Waals surface area contributed by atoms with Crippen LogP contribution in [0.1, 0.15) is 10.6 Å². The molecule has 16 heavy (non-hydrogen) atoms. The van der Waals surface area contributed by atoms with Crippen molar-refractivity contribution in [1.82, 2.24) is 9.69 Å². The molecule has 0 radical (unpaired) electrons. The summed E-state index contributed by atoms with van der Waals surface area (Å²) in [5, 5.41) is 2.84. The second-order valence-electron chi connectivity index (χ2n) is 3.33. The first-order chi connectivity index (χ1) is 7.84. The molecule has 0 unspecified atom stereocenters. The Balaban J connectivity index is 1.68. The van der Waals surface area contributed by atoms with Crippen LogP contribution < -0.4 is 5.32 Å². The molecule has 0 saturated heterocycles. The number of rotatable bonds is 5. The van der Waals surface area contributed by atoms with Crippen LogP contribution in [-0.2, 0) is 17.6 Å². The Kier molecular flexibility index (Phi) is 3.71. The maximum Gasteiger partial charge on any atom is 0.227 e. The van der Waals surface area contributed by atoms with Gasteiger partial charge in [0, 0.05) is 24.0 Å². The van der Waals surface area contributed by atoms with Crippen molar-refractivity contribution in [1.29, 1.82) is 0 Å². The van der Waals surface area contributed by atoms with Crippen molar-refractivity contribution in [3.05, 3.63) is 41.3 Å². The van der Waals surface area contributed by atoms with Crippen LogP contribution in [0.25, 0.3) is 0 Å². The summed E-state index contributed by atoms with van der Waals surface area (Å²) >= 11 is 1.46. The number of hydrogen-bond acceptors (Lipinski definition) is 4. The van der Waals surface area contributed by atoms with Crippen molar-refractivity contribution in [3.63, 3.8) is 0 Å². The highest BCUT2D eigenvalue weighted by Gasteiger charge is 2.04. The lowest BCUT2D eigenvalue weighted by atomic mass is 10.3. The molecule has 1 amide bonds. The first-order valence-corrected chi connectivity index (χ1v) is 5.80. The predicted octanol–water partition coefficient (Wildman–Crippen LogP) is 1.64. The fourth-order valence-corrected chi connectivity index (χ4v) is 1.90. The molecule has 1 N–H and O–H groups in total. The highest BCUT2D eigenvalue weighted by Crippen LogP contribution is 2.04. The lowest BCUT2D eigenvalue weighted by Gasteiger charge is -2.01. The molecule has 2 heterocycles. The Morgan fingerprint density at radius 2 is 2.44 bits per heavy atom. The van der Waals surface area contributed by atoms with E-state index in [0.717, 1.165) is 6.42 Å². The zero-order valence-corrected chi connectivity index (χ0v) is 9.50. The molecular formula is C11H12N2O2S.